The Morgan fingerprint density at radius 2 is 0.875 bits per heavy atom. The van der Waals surface area contributed by atoms with Crippen LogP contribution in [-0.2, 0) is 20.0 Å². The molecule has 0 saturated carbocycles. The summed E-state index contributed by atoms with van der Waals surface area (Å²) in [6.45, 7) is 6.75. The van der Waals surface area contributed by atoms with Crippen molar-refractivity contribution < 1.29 is 26.4 Å². The van der Waals surface area contributed by atoms with Gasteiger partial charge in [-0.2, -0.15) is 0 Å². The number of rotatable bonds is 10. The molecule has 2 aromatic heterocycles. The predicted molar refractivity (Wildman–Crippen MR) is 180 cm³/mol. The van der Waals surface area contributed by atoms with Gasteiger partial charge >= 0.3 is 0 Å². The molecule has 0 spiro atoms. The van der Waals surface area contributed by atoms with Crippen LogP contribution in [0.15, 0.2) is 94.7 Å². The first-order valence-electron chi connectivity index (χ1n) is 14.3. The van der Waals surface area contributed by atoms with E-state index >= 15 is 0 Å². The normalized spacial score (nSPS) is 11.4. The number of amides is 2. The van der Waals surface area contributed by atoms with Crippen molar-refractivity contribution in [2.45, 2.75) is 37.5 Å². The standard InChI is InChI=1S/C32H30N8O6S2/c1-19-17-29(35-21(3)33-19)39-47(43,44)25-13-9-23(10-14-25)37-31(41)27-7-5-6-8-28(27)32(42)38-24-11-15-26(16-12-24)48(45,46)40-30-18-20(2)34-22(4)36-30/h5-18H,1-4H3,(H,37,41)(H,38,42)(H,33,35,39)(H,34,36,40). The zero-order valence-corrected chi connectivity index (χ0v) is 27.8. The SMILES string of the molecule is Cc1cc(NS(=O)(=O)c2ccc(NC(=O)c3ccccc3C(=O)Nc3ccc(S(=O)(=O)Nc4cc(C)nc(C)n4)cc3)cc2)nc(C)n1. The third kappa shape index (κ3) is 8.15. The van der Waals surface area contributed by atoms with Crippen LogP contribution in [0.1, 0.15) is 43.8 Å². The van der Waals surface area contributed by atoms with Gasteiger partial charge in [-0.05, 0) is 88.4 Å². The van der Waals surface area contributed by atoms with E-state index in [1.54, 1.807) is 39.8 Å². The van der Waals surface area contributed by atoms with Crippen LogP contribution in [0.5, 0.6) is 0 Å². The lowest BCUT2D eigenvalue weighted by molar-refractivity contribution is 0.0990. The fourth-order valence-corrected chi connectivity index (χ4v) is 6.63. The molecule has 16 heteroatoms. The number of benzene rings is 3. The van der Waals surface area contributed by atoms with Crippen molar-refractivity contribution in [3.8, 4) is 0 Å². The molecular weight excluding hydrogens is 657 g/mol. The number of aryl methyl sites for hydroxylation is 4. The average molecular weight is 687 g/mol. The number of nitrogens with one attached hydrogen (secondary N) is 4. The first-order valence-corrected chi connectivity index (χ1v) is 17.3. The van der Waals surface area contributed by atoms with E-state index in [1.807, 2.05) is 0 Å². The van der Waals surface area contributed by atoms with Gasteiger partial charge in [0.15, 0.2) is 0 Å². The Morgan fingerprint density at radius 1 is 0.521 bits per heavy atom. The minimum Gasteiger partial charge on any atom is -0.322 e. The van der Waals surface area contributed by atoms with Crippen LogP contribution in [0.4, 0.5) is 23.0 Å². The molecule has 3 aromatic carbocycles. The molecule has 0 aliphatic rings. The van der Waals surface area contributed by atoms with E-state index in [0.717, 1.165) is 0 Å². The van der Waals surface area contributed by atoms with Crippen LogP contribution in [0, 0.1) is 27.7 Å². The highest BCUT2D eigenvalue weighted by Gasteiger charge is 2.20. The molecule has 246 valence electrons. The predicted octanol–water partition coefficient (Wildman–Crippen LogP) is 4.61. The maximum atomic E-state index is 13.2. The molecule has 0 fully saturated rings. The summed E-state index contributed by atoms with van der Waals surface area (Å²) in [5.74, 6) is -0.112. The van der Waals surface area contributed by atoms with Gasteiger partial charge in [0, 0.05) is 34.9 Å². The van der Waals surface area contributed by atoms with Crippen LogP contribution in [0.2, 0.25) is 0 Å². The number of anilines is 4. The third-order valence-corrected chi connectivity index (χ3v) is 9.41. The molecule has 5 aromatic rings. The molecule has 0 unspecified atom stereocenters. The van der Waals surface area contributed by atoms with Crippen molar-refractivity contribution in [3.05, 3.63) is 119 Å². The highest BCUT2D eigenvalue weighted by molar-refractivity contribution is 7.93. The molecule has 14 nitrogen and oxygen atoms in total. The van der Waals surface area contributed by atoms with Gasteiger partial charge in [-0.1, -0.05) is 12.1 Å². The monoisotopic (exact) mass is 686 g/mol. The van der Waals surface area contributed by atoms with Crippen molar-refractivity contribution >= 4 is 54.9 Å². The summed E-state index contributed by atoms with van der Waals surface area (Å²) < 4.78 is 56.3. The van der Waals surface area contributed by atoms with E-state index in [-0.39, 0.29) is 32.6 Å². The molecule has 0 atom stereocenters. The van der Waals surface area contributed by atoms with E-state index in [0.29, 0.717) is 34.4 Å². The molecule has 48 heavy (non-hydrogen) atoms. The molecule has 2 heterocycles. The Morgan fingerprint density at radius 3 is 1.21 bits per heavy atom. The van der Waals surface area contributed by atoms with Gasteiger partial charge < -0.3 is 10.6 Å². The van der Waals surface area contributed by atoms with Gasteiger partial charge in [-0.15, -0.1) is 0 Å². The quantitative estimate of drug-likeness (QED) is 0.161. The topological polar surface area (TPSA) is 202 Å². The summed E-state index contributed by atoms with van der Waals surface area (Å²) in [7, 11) is -7.94. The lowest BCUT2D eigenvalue weighted by Crippen LogP contribution is -2.20. The Labute approximate surface area is 277 Å². The first-order chi connectivity index (χ1) is 22.7. The zero-order chi connectivity index (χ0) is 34.6. The van der Waals surface area contributed by atoms with Gasteiger partial charge in [0.1, 0.15) is 23.3 Å². The summed E-state index contributed by atoms with van der Waals surface area (Å²) in [6, 6.07) is 20.1. The smallest absolute Gasteiger partial charge is 0.263 e. The van der Waals surface area contributed by atoms with Crippen LogP contribution in [0.3, 0.4) is 0 Å². The Bertz CT molecular complexity index is 2040. The third-order valence-electron chi connectivity index (χ3n) is 6.67. The van der Waals surface area contributed by atoms with Crippen LogP contribution < -0.4 is 20.1 Å². The molecule has 0 radical (unpaired) electrons. The maximum absolute atomic E-state index is 13.2. The van der Waals surface area contributed by atoms with Gasteiger partial charge in [0.25, 0.3) is 31.9 Å². The lowest BCUT2D eigenvalue weighted by atomic mass is 10.1. The number of hydrogen-bond acceptors (Lipinski definition) is 10. The number of hydrogen-bond donors (Lipinski definition) is 4. The molecule has 4 N–H and O–H groups in total. The van der Waals surface area contributed by atoms with Crippen LogP contribution in [-0.4, -0.2) is 48.6 Å². The first kappa shape index (κ1) is 33.6. The molecule has 0 aliphatic carbocycles. The van der Waals surface area contributed by atoms with Crippen molar-refractivity contribution in [2.75, 3.05) is 20.1 Å². The van der Waals surface area contributed by atoms with Crippen LogP contribution in [0.25, 0.3) is 0 Å². The second kappa shape index (κ2) is 13.5. The number of carbonyl (C=O) groups is 2. The van der Waals surface area contributed by atoms with E-state index < -0.39 is 31.9 Å². The molecule has 0 saturated heterocycles. The van der Waals surface area contributed by atoms with E-state index in [1.165, 1.54) is 72.8 Å². The van der Waals surface area contributed by atoms with Crippen molar-refractivity contribution in [1.29, 1.82) is 0 Å². The number of sulfonamides is 2. The zero-order valence-electron chi connectivity index (χ0n) is 26.1. The average Bonchev–Trinajstić information content (AvgIpc) is 3.00. The van der Waals surface area contributed by atoms with Gasteiger partial charge in [0.2, 0.25) is 0 Å². The number of carbonyl (C=O) groups excluding carboxylic acids is 2. The Kier molecular flexibility index (Phi) is 9.49. The second-order valence-electron chi connectivity index (χ2n) is 10.6. The highest BCUT2D eigenvalue weighted by atomic mass is 32.2. The summed E-state index contributed by atoms with van der Waals surface area (Å²) in [5, 5.41) is 5.35. The Hall–Kier alpha value is -5.74. The maximum Gasteiger partial charge on any atom is 0.263 e. The minimum absolute atomic E-state index is 0.0528. The Balaban J connectivity index is 1.25. The van der Waals surface area contributed by atoms with Crippen LogP contribution >= 0.6 is 0 Å². The van der Waals surface area contributed by atoms with Gasteiger partial charge in [-0.25, -0.2) is 36.8 Å². The molecule has 0 bridgehead atoms. The van der Waals surface area contributed by atoms with Crippen molar-refractivity contribution in [3.63, 3.8) is 0 Å². The largest absolute Gasteiger partial charge is 0.322 e. The molecular formula is C32H30N8O6S2. The van der Waals surface area contributed by atoms with E-state index in [4.69, 9.17) is 0 Å². The molecule has 5 rings (SSSR count). The highest BCUT2D eigenvalue weighted by Crippen LogP contribution is 2.21. The summed E-state index contributed by atoms with van der Waals surface area (Å²) in [5.41, 5.74) is 1.91. The van der Waals surface area contributed by atoms with Gasteiger partial charge in [0.05, 0.1) is 20.9 Å². The molecule has 2 amide bonds. The lowest BCUT2D eigenvalue weighted by Gasteiger charge is -2.12. The minimum atomic E-state index is -3.97. The van der Waals surface area contributed by atoms with Crippen molar-refractivity contribution in [1.82, 2.24) is 19.9 Å². The summed E-state index contributed by atoms with van der Waals surface area (Å²) in [4.78, 5) is 42.8. The summed E-state index contributed by atoms with van der Waals surface area (Å²) >= 11 is 0. The second-order valence-corrected chi connectivity index (χ2v) is 14.0. The van der Waals surface area contributed by atoms with E-state index in [2.05, 4.69) is 40.0 Å². The van der Waals surface area contributed by atoms with Gasteiger partial charge in [-0.3, -0.25) is 19.0 Å². The summed E-state index contributed by atoms with van der Waals surface area (Å²) in [6.07, 6.45) is 0. The number of aromatic nitrogens is 4. The number of nitrogens with zero attached hydrogens (tertiary/aromatic N) is 4. The van der Waals surface area contributed by atoms with E-state index in [9.17, 15) is 26.4 Å². The molecule has 0 aliphatic heterocycles. The van der Waals surface area contributed by atoms with Crippen molar-refractivity contribution in [2.24, 2.45) is 0 Å². The fourth-order valence-electron chi connectivity index (χ4n) is 4.64. The fraction of sp³-hybridized carbons (Fsp3) is 0.125.